The van der Waals surface area contributed by atoms with E-state index in [-0.39, 0.29) is 36.3 Å². The van der Waals surface area contributed by atoms with E-state index in [9.17, 15) is 19.2 Å². The Kier molecular flexibility index (Phi) is 4.91. The van der Waals surface area contributed by atoms with Crippen LogP contribution in [0.1, 0.15) is 60.0 Å². The van der Waals surface area contributed by atoms with Crippen molar-refractivity contribution in [2.75, 3.05) is 13.1 Å². The molecular formula is C17H22N2O5. The van der Waals surface area contributed by atoms with Gasteiger partial charge in [-0.05, 0) is 24.8 Å². The molecule has 2 N–H and O–H groups in total. The summed E-state index contributed by atoms with van der Waals surface area (Å²) in [6.07, 6.45) is 0.722. The minimum atomic E-state index is -1.02. The first kappa shape index (κ1) is 17.9. The second kappa shape index (κ2) is 6.59. The molecule has 1 aliphatic carbocycles. The minimum Gasteiger partial charge on any atom is -0.481 e. The number of H-pyrrole nitrogens is 1. The lowest BCUT2D eigenvalue weighted by Gasteiger charge is -2.30. The second-order valence-electron chi connectivity index (χ2n) is 6.87. The number of hydrogen-bond acceptors (Lipinski definition) is 4. The largest absolute Gasteiger partial charge is 0.481 e. The molecule has 0 saturated heterocycles. The van der Waals surface area contributed by atoms with Gasteiger partial charge < -0.3 is 15.0 Å². The Bertz CT molecular complexity index is 748. The Morgan fingerprint density at radius 2 is 1.96 bits per heavy atom. The highest BCUT2D eigenvalue weighted by Gasteiger charge is 2.33. The van der Waals surface area contributed by atoms with Crippen LogP contribution in [0.4, 0.5) is 0 Å². The van der Waals surface area contributed by atoms with Crippen LogP contribution in [0.2, 0.25) is 0 Å². The molecule has 7 heteroatoms. The fourth-order valence-electron chi connectivity index (χ4n) is 2.99. The first-order valence-electron chi connectivity index (χ1n) is 7.95. The van der Waals surface area contributed by atoms with E-state index in [1.807, 2.05) is 13.8 Å². The smallest absolute Gasteiger partial charge is 0.305 e. The SMILES string of the molecule is CCN(CCC(=O)O)C(=O)c1cc2c([nH]c1=O)CC(C)(C)CC2=O. The molecule has 0 aliphatic heterocycles. The van der Waals surface area contributed by atoms with Gasteiger partial charge in [0.15, 0.2) is 5.78 Å². The summed E-state index contributed by atoms with van der Waals surface area (Å²) in [5.74, 6) is -1.67. The number of rotatable bonds is 5. The van der Waals surface area contributed by atoms with E-state index in [2.05, 4.69) is 4.98 Å². The lowest BCUT2D eigenvalue weighted by molar-refractivity contribution is -0.137. The van der Waals surface area contributed by atoms with Crippen LogP contribution in [0.25, 0.3) is 0 Å². The molecule has 0 bridgehead atoms. The number of carbonyl (C=O) groups is 3. The molecule has 1 aliphatic rings. The van der Waals surface area contributed by atoms with Crippen LogP contribution in [0.5, 0.6) is 0 Å². The minimum absolute atomic E-state index is 0.0160. The number of nitrogens with one attached hydrogen (secondary N) is 1. The van der Waals surface area contributed by atoms with Crippen molar-refractivity contribution in [3.8, 4) is 0 Å². The third kappa shape index (κ3) is 3.72. The summed E-state index contributed by atoms with van der Waals surface area (Å²) in [5.41, 5.74) is 0.0557. The molecule has 1 aromatic heterocycles. The van der Waals surface area contributed by atoms with Crippen LogP contribution in [-0.2, 0) is 11.2 Å². The lowest BCUT2D eigenvalue weighted by atomic mass is 9.75. The highest BCUT2D eigenvalue weighted by atomic mass is 16.4. The zero-order chi connectivity index (χ0) is 18.1. The molecule has 1 heterocycles. The van der Waals surface area contributed by atoms with Crippen molar-refractivity contribution < 1.29 is 19.5 Å². The van der Waals surface area contributed by atoms with Gasteiger partial charge in [-0.2, -0.15) is 0 Å². The van der Waals surface area contributed by atoms with E-state index in [0.29, 0.717) is 24.1 Å². The van der Waals surface area contributed by atoms with Gasteiger partial charge >= 0.3 is 5.97 Å². The van der Waals surface area contributed by atoms with E-state index < -0.39 is 17.4 Å². The van der Waals surface area contributed by atoms with Crippen LogP contribution in [0.15, 0.2) is 10.9 Å². The number of carboxylic acids is 1. The summed E-state index contributed by atoms with van der Waals surface area (Å²) in [4.78, 5) is 51.8. The molecule has 0 spiro atoms. The highest BCUT2D eigenvalue weighted by molar-refractivity contribution is 6.02. The third-order valence-corrected chi connectivity index (χ3v) is 4.21. The van der Waals surface area contributed by atoms with Gasteiger partial charge in [0.05, 0.1) is 6.42 Å². The number of amides is 1. The number of carboxylic acid groups (broad SMARTS) is 1. The van der Waals surface area contributed by atoms with Gasteiger partial charge in [0.25, 0.3) is 11.5 Å². The Hall–Kier alpha value is -2.44. The fraction of sp³-hybridized carbons (Fsp3) is 0.529. The summed E-state index contributed by atoms with van der Waals surface area (Å²) in [6, 6.07) is 1.36. The maximum Gasteiger partial charge on any atom is 0.305 e. The third-order valence-electron chi connectivity index (χ3n) is 4.21. The van der Waals surface area contributed by atoms with E-state index >= 15 is 0 Å². The summed E-state index contributed by atoms with van der Waals surface area (Å²) in [5, 5.41) is 8.76. The van der Waals surface area contributed by atoms with E-state index in [0.717, 1.165) is 0 Å². The topological polar surface area (TPSA) is 108 Å². The van der Waals surface area contributed by atoms with Gasteiger partial charge in [-0.15, -0.1) is 0 Å². The Morgan fingerprint density at radius 3 is 2.54 bits per heavy atom. The molecule has 7 nitrogen and oxygen atoms in total. The molecule has 0 radical (unpaired) electrons. The second-order valence-corrected chi connectivity index (χ2v) is 6.87. The molecule has 1 aromatic rings. The quantitative estimate of drug-likeness (QED) is 0.848. The highest BCUT2D eigenvalue weighted by Crippen LogP contribution is 2.33. The van der Waals surface area contributed by atoms with Crippen molar-refractivity contribution >= 4 is 17.7 Å². The monoisotopic (exact) mass is 334 g/mol. The number of aromatic nitrogens is 1. The maximum atomic E-state index is 12.5. The summed E-state index contributed by atoms with van der Waals surface area (Å²) in [6.45, 7) is 5.91. The molecule has 0 atom stereocenters. The molecule has 24 heavy (non-hydrogen) atoms. The van der Waals surface area contributed by atoms with Crippen molar-refractivity contribution in [2.24, 2.45) is 5.41 Å². The summed E-state index contributed by atoms with van der Waals surface area (Å²) < 4.78 is 0. The Morgan fingerprint density at radius 1 is 1.29 bits per heavy atom. The van der Waals surface area contributed by atoms with Crippen molar-refractivity contribution in [3.05, 3.63) is 33.2 Å². The van der Waals surface area contributed by atoms with Crippen LogP contribution < -0.4 is 5.56 Å². The number of fused-ring (bicyclic) bond motifs is 1. The average molecular weight is 334 g/mol. The number of aromatic amines is 1. The number of ketones is 1. The van der Waals surface area contributed by atoms with E-state index in [1.54, 1.807) is 6.92 Å². The average Bonchev–Trinajstić information content (AvgIpc) is 2.45. The molecule has 0 fully saturated rings. The van der Waals surface area contributed by atoms with Crippen LogP contribution in [0, 0.1) is 5.41 Å². The van der Waals surface area contributed by atoms with Crippen molar-refractivity contribution in [2.45, 2.75) is 40.0 Å². The van der Waals surface area contributed by atoms with Gasteiger partial charge in [0.1, 0.15) is 5.56 Å². The van der Waals surface area contributed by atoms with Gasteiger partial charge in [-0.25, -0.2) is 0 Å². The first-order chi connectivity index (χ1) is 11.1. The molecule has 1 amide bonds. The molecule has 2 rings (SSSR count). The summed E-state index contributed by atoms with van der Waals surface area (Å²) in [7, 11) is 0. The zero-order valence-corrected chi connectivity index (χ0v) is 14.1. The molecular weight excluding hydrogens is 312 g/mol. The zero-order valence-electron chi connectivity index (χ0n) is 14.1. The number of hydrogen-bond donors (Lipinski definition) is 2. The molecule has 0 unspecified atom stereocenters. The lowest BCUT2D eigenvalue weighted by Crippen LogP contribution is -2.38. The number of aliphatic carboxylic acids is 1. The number of carbonyl (C=O) groups excluding carboxylic acids is 2. The van der Waals surface area contributed by atoms with E-state index in [1.165, 1.54) is 11.0 Å². The standard InChI is InChI=1S/C17H22N2O5/c1-4-19(6-5-14(21)22)16(24)11-7-10-12(18-15(11)23)8-17(2,3)9-13(10)20/h7H,4-6,8-9H2,1-3H3,(H,18,23)(H,21,22). The summed E-state index contributed by atoms with van der Waals surface area (Å²) >= 11 is 0. The number of pyridine rings is 1. The van der Waals surface area contributed by atoms with E-state index in [4.69, 9.17) is 5.11 Å². The maximum absolute atomic E-state index is 12.5. The normalized spacial score (nSPS) is 15.7. The van der Waals surface area contributed by atoms with Crippen molar-refractivity contribution in [1.29, 1.82) is 0 Å². The Labute approximate surface area is 139 Å². The van der Waals surface area contributed by atoms with Crippen molar-refractivity contribution in [3.63, 3.8) is 0 Å². The van der Waals surface area contributed by atoms with Crippen LogP contribution in [-0.4, -0.2) is 45.7 Å². The van der Waals surface area contributed by atoms with Gasteiger partial charge in [0.2, 0.25) is 0 Å². The fourth-order valence-corrected chi connectivity index (χ4v) is 2.99. The number of nitrogens with zero attached hydrogens (tertiary/aromatic N) is 1. The van der Waals surface area contributed by atoms with Gasteiger partial charge in [-0.3, -0.25) is 19.2 Å². The molecule has 0 saturated carbocycles. The first-order valence-corrected chi connectivity index (χ1v) is 7.95. The van der Waals surface area contributed by atoms with Crippen molar-refractivity contribution in [1.82, 2.24) is 9.88 Å². The number of Topliss-reactive ketones (excluding diaryl/α,β-unsaturated/α-hetero) is 1. The predicted molar refractivity (Wildman–Crippen MR) is 87.3 cm³/mol. The van der Waals surface area contributed by atoms with Gasteiger partial charge in [-0.1, -0.05) is 13.8 Å². The van der Waals surface area contributed by atoms with Gasteiger partial charge in [0, 0.05) is 30.8 Å². The predicted octanol–water partition coefficient (Wildman–Crippen LogP) is 1.47. The molecule has 0 aromatic carbocycles. The van der Waals surface area contributed by atoms with Crippen LogP contribution in [0.3, 0.4) is 0 Å². The molecule has 130 valence electrons. The van der Waals surface area contributed by atoms with Crippen LogP contribution >= 0.6 is 0 Å². The Balaban J connectivity index is 2.37.